The van der Waals surface area contributed by atoms with Gasteiger partial charge in [0.25, 0.3) is 0 Å². The highest BCUT2D eigenvalue weighted by molar-refractivity contribution is 5.63. The molecule has 0 aromatic rings. The van der Waals surface area contributed by atoms with Crippen molar-refractivity contribution >= 4 is 0 Å². The minimum atomic E-state index is 1.30. The minimum Gasteiger partial charge on any atom is -0.348 e. The fourth-order valence-electron chi connectivity index (χ4n) is 1.38. The van der Waals surface area contributed by atoms with Crippen LogP contribution in [-0.2, 0) is 7.05 Å². The molecule has 0 spiro atoms. The van der Waals surface area contributed by atoms with Gasteiger partial charge in [0.15, 0.2) is 0 Å². The predicted molar refractivity (Wildman–Crippen MR) is 46.8 cm³/mol. The molecule has 1 nitrogen and oxygen atoms in total. The van der Waals surface area contributed by atoms with Gasteiger partial charge >= 0.3 is 0 Å². The average Bonchev–Trinajstić information content (AvgIpc) is 2.45. The Hall–Kier alpha value is -1.24. The van der Waals surface area contributed by atoms with Crippen LogP contribution in [0.3, 0.4) is 0 Å². The zero-order valence-corrected chi connectivity index (χ0v) is 6.83. The van der Waals surface area contributed by atoms with Crippen LogP contribution < -0.4 is 0 Å². The maximum Gasteiger partial charge on any atom is 0.0479 e. The summed E-state index contributed by atoms with van der Waals surface area (Å²) in [4.78, 5) is 0. The lowest BCUT2D eigenvalue weighted by Gasteiger charge is -2.10. The largest absolute Gasteiger partial charge is 0.348 e. The first-order chi connectivity index (χ1) is 5.29. The number of hydrogen-bond donors (Lipinski definition) is 0. The van der Waals surface area contributed by atoms with E-state index in [1.807, 2.05) is 0 Å². The van der Waals surface area contributed by atoms with Crippen molar-refractivity contribution in [2.75, 3.05) is 0 Å². The SMILES string of the molecule is Cc1ccc2cccc-2n1C. The second-order valence-electron chi connectivity index (χ2n) is 2.90. The van der Waals surface area contributed by atoms with Gasteiger partial charge in [-0.2, -0.15) is 0 Å². The molecule has 0 aromatic carbocycles. The van der Waals surface area contributed by atoms with Gasteiger partial charge in [0.1, 0.15) is 0 Å². The average molecular weight is 145 g/mol. The first-order valence-corrected chi connectivity index (χ1v) is 3.80. The zero-order chi connectivity index (χ0) is 7.84. The Labute approximate surface area is 66.6 Å². The molecule has 0 saturated carbocycles. The Morgan fingerprint density at radius 1 is 1.09 bits per heavy atom. The molecular weight excluding hydrogens is 134 g/mol. The Balaban J connectivity index is 2.81. The summed E-state index contributed by atoms with van der Waals surface area (Å²) >= 11 is 0. The van der Waals surface area contributed by atoms with Crippen LogP contribution in [-0.4, -0.2) is 4.57 Å². The fraction of sp³-hybridized carbons (Fsp3) is 0.200. The Bertz CT molecular complexity index is 346. The first kappa shape index (κ1) is 6.47. The lowest BCUT2D eigenvalue weighted by atomic mass is 10.2. The van der Waals surface area contributed by atoms with Crippen molar-refractivity contribution in [2.45, 2.75) is 6.92 Å². The second kappa shape index (κ2) is 2.12. The van der Waals surface area contributed by atoms with Crippen LogP contribution in [0.5, 0.6) is 0 Å². The van der Waals surface area contributed by atoms with Crippen LogP contribution in [0.2, 0.25) is 0 Å². The molecule has 0 saturated heterocycles. The number of fused-ring (bicyclic) bond motifs is 1. The van der Waals surface area contributed by atoms with Crippen molar-refractivity contribution in [3.05, 3.63) is 36.0 Å². The summed E-state index contributed by atoms with van der Waals surface area (Å²) in [5.41, 5.74) is 3.92. The van der Waals surface area contributed by atoms with E-state index in [4.69, 9.17) is 0 Å². The fourth-order valence-corrected chi connectivity index (χ4v) is 1.38. The molecule has 1 heteroatoms. The Morgan fingerprint density at radius 3 is 2.73 bits per heavy atom. The van der Waals surface area contributed by atoms with Crippen molar-refractivity contribution < 1.29 is 0 Å². The van der Waals surface area contributed by atoms with Gasteiger partial charge in [0, 0.05) is 18.4 Å². The lowest BCUT2D eigenvalue weighted by Crippen LogP contribution is -1.98. The Morgan fingerprint density at radius 2 is 1.91 bits per heavy atom. The highest BCUT2D eigenvalue weighted by atomic mass is 14.9. The van der Waals surface area contributed by atoms with E-state index in [9.17, 15) is 0 Å². The summed E-state index contributed by atoms with van der Waals surface area (Å²) in [5.74, 6) is 0. The maximum atomic E-state index is 2.20. The third kappa shape index (κ3) is 0.845. The van der Waals surface area contributed by atoms with E-state index in [1.165, 1.54) is 17.0 Å². The molecule has 1 heterocycles. The highest BCUT2D eigenvalue weighted by Crippen LogP contribution is 2.22. The molecule has 56 valence electrons. The van der Waals surface area contributed by atoms with Gasteiger partial charge in [-0.25, -0.2) is 0 Å². The molecule has 1 aliphatic heterocycles. The van der Waals surface area contributed by atoms with E-state index in [0.717, 1.165) is 0 Å². The van der Waals surface area contributed by atoms with Gasteiger partial charge < -0.3 is 4.57 Å². The van der Waals surface area contributed by atoms with Crippen molar-refractivity contribution in [3.63, 3.8) is 0 Å². The first-order valence-electron chi connectivity index (χ1n) is 3.80. The van der Waals surface area contributed by atoms with Crippen LogP contribution in [0.1, 0.15) is 5.69 Å². The third-order valence-corrected chi connectivity index (χ3v) is 2.22. The molecule has 1 aliphatic carbocycles. The van der Waals surface area contributed by atoms with Crippen LogP contribution in [0.4, 0.5) is 0 Å². The standard InChI is InChI=1S/C10H11N/c1-8-6-7-9-4-3-5-10(9)11(8)2/h3-7H,1-2H3. The molecular formula is C10H11N. The second-order valence-corrected chi connectivity index (χ2v) is 2.90. The highest BCUT2D eigenvalue weighted by Gasteiger charge is 2.03. The van der Waals surface area contributed by atoms with Crippen LogP contribution >= 0.6 is 0 Å². The summed E-state index contributed by atoms with van der Waals surface area (Å²) in [7, 11) is 2.09. The number of aromatic nitrogens is 1. The van der Waals surface area contributed by atoms with Crippen LogP contribution in [0, 0.1) is 6.92 Å². The van der Waals surface area contributed by atoms with Crippen molar-refractivity contribution in [1.29, 1.82) is 0 Å². The molecule has 0 N–H and O–H groups in total. The van der Waals surface area contributed by atoms with E-state index >= 15 is 0 Å². The number of nitrogens with zero attached hydrogens (tertiary/aromatic N) is 1. The van der Waals surface area contributed by atoms with Gasteiger partial charge in [-0.1, -0.05) is 18.2 Å². The Kier molecular flexibility index (Phi) is 1.25. The molecule has 11 heavy (non-hydrogen) atoms. The molecule has 0 unspecified atom stereocenters. The molecule has 0 aromatic heterocycles. The normalized spacial score (nSPS) is 10.7. The molecule has 2 rings (SSSR count). The van der Waals surface area contributed by atoms with Gasteiger partial charge in [-0.15, -0.1) is 0 Å². The minimum absolute atomic E-state index is 1.30. The predicted octanol–water partition coefficient (Wildman–Crippen LogP) is 2.44. The summed E-state index contributed by atoms with van der Waals surface area (Å²) in [6, 6.07) is 10.7. The maximum absolute atomic E-state index is 2.20. The molecule has 2 aliphatic rings. The van der Waals surface area contributed by atoms with Gasteiger partial charge in [-0.3, -0.25) is 0 Å². The van der Waals surface area contributed by atoms with Gasteiger partial charge in [-0.05, 0) is 24.6 Å². The smallest absolute Gasteiger partial charge is 0.0479 e. The van der Waals surface area contributed by atoms with Crippen LogP contribution in [0.15, 0.2) is 30.3 Å². The molecule has 0 radical (unpaired) electrons. The van der Waals surface area contributed by atoms with E-state index in [-0.39, 0.29) is 0 Å². The lowest BCUT2D eigenvalue weighted by molar-refractivity contribution is 0.868. The molecule has 0 atom stereocenters. The quantitative estimate of drug-likeness (QED) is 0.536. The summed E-state index contributed by atoms with van der Waals surface area (Å²) in [6.07, 6.45) is 0. The third-order valence-electron chi connectivity index (χ3n) is 2.22. The van der Waals surface area contributed by atoms with Gasteiger partial charge in [0.2, 0.25) is 0 Å². The number of pyridine rings is 1. The number of rotatable bonds is 0. The number of aryl methyl sites for hydroxylation is 1. The summed E-state index contributed by atoms with van der Waals surface area (Å²) in [5, 5.41) is 0. The van der Waals surface area contributed by atoms with Gasteiger partial charge in [0.05, 0.1) is 0 Å². The van der Waals surface area contributed by atoms with Crippen molar-refractivity contribution in [2.24, 2.45) is 7.05 Å². The zero-order valence-electron chi connectivity index (χ0n) is 6.83. The topological polar surface area (TPSA) is 4.93 Å². The number of hydrogen-bond acceptors (Lipinski definition) is 0. The van der Waals surface area contributed by atoms with E-state index in [0.29, 0.717) is 0 Å². The monoisotopic (exact) mass is 145 g/mol. The van der Waals surface area contributed by atoms with Crippen molar-refractivity contribution in [3.8, 4) is 11.3 Å². The van der Waals surface area contributed by atoms with Crippen molar-refractivity contribution in [1.82, 2.24) is 4.57 Å². The van der Waals surface area contributed by atoms with E-state index in [1.54, 1.807) is 0 Å². The summed E-state index contributed by atoms with van der Waals surface area (Å²) in [6.45, 7) is 2.12. The van der Waals surface area contributed by atoms with E-state index < -0.39 is 0 Å². The molecule has 0 amide bonds. The summed E-state index contributed by atoms with van der Waals surface area (Å²) < 4.78 is 2.20. The molecule has 0 fully saturated rings. The molecule has 0 bridgehead atoms. The van der Waals surface area contributed by atoms with Crippen LogP contribution in [0.25, 0.3) is 11.3 Å². The van der Waals surface area contributed by atoms with E-state index in [2.05, 4.69) is 48.9 Å².